The van der Waals surface area contributed by atoms with Crippen LogP contribution >= 0.6 is 0 Å². The average Bonchev–Trinajstić information content (AvgIpc) is 2.06. The van der Waals surface area contributed by atoms with Crippen LogP contribution in [0.25, 0.3) is 0 Å². The summed E-state index contributed by atoms with van der Waals surface area (Å²) < 4.78 is 0. The largest absolute Gasteiger partial charge is 0.0651 e. The molecule has 0 aliphatic rings. The monoisotopic (exact) mass is 169 g/mol. The number of hydrogen-bond acceptors (Lipinski definition) is 0. The highest BCUT2D eigenvalue weighted by Crippen LogP contribution is 2.28. The van der Waals surface area contributed by atoms with Gasteiger partial charge in [0, 0.05) is 0 Å². The van der Waals surface area contributed by atoms with Crippen LogP contribution in [0.2, 0.25) is 0 Å². The third-order valence-electron chi connectivity index (χ3n) is 2.98. The Morgan fingerprint density at radius 2 is 1.50 bits per heavy atom. The molecule has 0 amide bonds. The Morgan fingerprint density at radius 1 is 1.00 bits per heavy atom. The van der Waals surface area contributed by atoms with E-state index >= 15 is 0 Å². The molecule has 0 heterocycles. The molecule has 0 aromatic carbocycles. The standard InChI is InChI=1S/C12H25/c1-6-11(7-2)9-12(8-3)10(4)5/h10-11H,6-9H2,1-5H3. The molecule has 0 saturated heterocycles. The molecule has 0 nitrogen and oxygen atoms in total. The van der Waals surface area contributed by atoms with Crippen LogP contribution in [0.5, 0.6) is 0 Å². The highest BCUT2D eigenvalue weighted by Gasteiger charge is 2.15. The Bertz CT molecular complexity index is 90.2. The predicted molar refractivity (Wildman–Crippen MR) is 57.1 cm³/mol. The summed E-state index contributed by atoms with van der Waals surface area (Å²) >= 11 is 0. The third kappa shape index (κ3) is 4.13. The van der Waals surface area contributed by atoms with Crippen LogP contribution in [-0.2, 0) is 0 Å². The summed E-state index contributed by atoms with van der Waals surface area (Å²) in [5.74, 6) is 3.47. The molecule has 0 bridgehead atoms. The molecule has 0 fully saturated rings. The summed E-state index contributed by atoms with van der Waals surface area (Å²) in [6.07, 6.45) is 5.31. The van der Waals surface area contributed by atoms with Crippen molar-refractivity contribution in [2.24, 2.45) is 11.8 Å². The Labute approximate surface area is 78.8 Å². The lowest BCUT2D eigenvalue weighted by atomic mass is 9.83. The van der Waals surface area contributed by atoms with Crippen molar-refractivity contribution in [3.63, 3.8) is 0 Å². The van der Waals surface area contributed by atoms with Gasteiger partial charge >= 0.3 is 0 Å². The van der Waals surface area contributed by atoms with E-state index in [1.807, 2.05) is 0 Å². The SMILES string of the molecule is CC[C](CC(CC)CC)C(C)C. The first-order chi connectivity index (χ1) is 5.65. The first-order valence-corrected chi connectivity index (χ1v) is 5.50. The molecule has 1 radical (unpaired) electrons. The highest BCUT2D eigenvalue weighted by atomic mass is 14.2. The van der Waals surface area contributed by atoms with Gasteiger partial charge in [0.05, 0.1) is 0 Å². The molecular weight excluding hydrogens is 144 g/mol. The van der Waals surface area contributed by atoms with Gasteiger partial charge in [-0.1, -0.05) is 47.5 Å². The topological polar surface area (TPSA) is 0 Å². The maximum atomic E-state index is 2.32. The van der Waals surface area contributed by atoms with Gasteiger partial charge in [-0.15, -0.1) is 0 Å². The van der Waals surface area contributed by atoms with Gasteiger partial charge in [-0.05, 0) is 30.6 Å². The first-order valence-electron chi connectivity index (χ1n) is 5.50. The molecule has 12 heavy (non-hydrogen) atoms. The Morgan fingerprint density at radius 3 is 1.75 bits per heavy atom. The van der Waals surface area contributed by atoms with Crippen molar-refractivity contribution in [1.82, 2.24) is 0 Å². The second-order valence-electron chi connectivity index (χ2n) is 4.05. The van der Waals surface area contributed by atoms with Crippen molar-refractivity contribution >= 4 is 0 Å². The molecule has 0 spiro atoms. The Hall–Kier alpha value is 0. The van der Waals surface area contributed by atoms with Crippen LogP contribution in [-0.4, -0.2) is 0 Å². The van der Waals surface area contributed by atoms with Gasteiger partial charge in [0.15, 0.2) is 0 Å². The van der Waals surface area contributed by atoms with Crippen LogP contribution < -0.4 is 0 Å². The van der Waals surface area contributed by atoms with Gasteiger partial charge in [-0.25, -0.2) is 0 Å². The lowest BCUT2D eigenvalue weighted by Crippen LogP contribution is -2.10. The predicted octanol–water partition coefficient (Wildman–Crippen LogP) is 4.45. The maximum absolute atomic E-state index is 2.32. The molecule has 73 valence electrons. The van der Waals surface area contributed by atoms with Crippen molar-refractivity contribution in [1.29, 1.82) is 0 Å². The molecule has 0 heteroatoms. The molecule has 0 aliphatic carbocycles. The van der Waals surface area contributed by atoms with Gasteiger partial charge in [-0.2, -0.15) is 0 Å². The quantitative estimate of drug-likeness (QED) is 0.551. The fourth-order valence-electron chi connectivity index (χ4n) is 1.74. The molecule has 0 saturated carbocycles. The average molecular weight is 169 g/mol. The molecule has 0 atom stereocenters. The van der Waals surface area contributed by atoms with E-state index in [0.29, 0.717) is 0 Å². The lowest BCUT2D eigenvalue weighted by Gasteiger charge is -2.23. The van der Waals surface area contributed by atoms with Gasteiger partial charge in [0.1, 0.15) is 0 Å². The summed E-state index contributed by atoms with van der Waals surface area (Å²) in [5, 5.41) is 0. The zero-order chi connectivity index (χ0) is 9.56. The van der Waals surface area contributed by atoms with Gasteiger partial charge < -0.3 is 0 Å². The van der Waals surface area contributed by atoms with E-state index in [4.69, 9.17) is 0 Å². The minimum Gasteiger partial charge on any atom is -0.0651 e. The van der Waals surface area contributed by atoms with Crippen LogP contribution in [0.15, 0.2) is 0 Å². The van der Waals surface area contributed by atoms with Crippen LogP contribution in [0.3, 0.4) is 0 Å². The van der Waals surface area contributed by atoms with Gasteiger partial charge in [-0.3, -0.25) is 0 Å². The van der Waals surface area contributed by atoms with E-state index in [-0.39, 0.29) is 0 Å². The Balaban J connectivity index is 3.82. The molecule has 0 unspecified atom stereocenters. The smallest absolute Gasteiger partial charge is 0.0215 e. The van der Waals surface area contributed by atoms with E-state index < -0.39 is 0 Å². The normalized spacial score (nSPS) is 12.0. The molecule has 0 aromatic rings. The first kappa shape index (κ1) is 12.0. The summed E-state index contributed by atoms with van der Waals surface area (Å²) in [6.45, 7) is 11.5. The summed E-state index contributed by atoms with van der Waals surface area (Å²) in [5.41, 5.74) is 0. The lowest BCUT2D eigenvalue weighted by molar-refractivity contribution is 0.417. The van der Waals surface area contributed by atoms with Crippen molar-refractivity contribution in [3.05, 3.63) is 5.92 Å². The molecule has 0 rings (SSSR count). The minimum absolute atomic E-state index is 0.788. The molecule has 0 N–H and O–H groups in total. The summed E-state index contributed by atoms with van der Waals surface area (Å²) in [6, 6.07) is 0. The van der Waals surface area contributed by atoms with Crippen molar-refractivity contribution in [2.75, 3.05) is 0 Å². The van der Waals surface area contributed by atoms with Gasteiger partial charge in [0.2, 0.25) is 0 Å². The zero-order valence-corrected chi connectivity index (χ0v) is 9.48. The van der Waals surface area contributed by atoms with Crippen molar-refractivity contribution in [2.45, 2.75) is 60.3 Å². The van der Waals surface area contributed by atoms with Gasteiger partial charge in [0.25, 0.3) is 0 Å². The second kappa shape index (κ2) is 6.51. The van der Waals surface area contributed by atoms with E-state index in [9.17, 15) is 0 Å². The fourth-order valence-corrected chi connectivity index (χ4v) is 1.74. The van der Waals surface area contributed by atoms with Crippen LogP contribution in [0, 0.1) is 17.8 Å². The molecule has 0 aliphatic heterocycles. The van der Waals surface area contributed by atoms with E-state index in [1.54, 1.807) is 5.92 Å². The third-order valence-corrected chi connectivity index (χ3v) is 2.98. The highest BCUT2D eigenvalue weighted by molar-refractivity contribution is 4.92. The molecule has 0 aromatic heterocycles. The van der Waals surface area contributed by atoms with Crippen LogP contribution in [0.4, 0.5) is 0 Å². The van der Waals surface area contributed by atoms with Crippen LogP contribution in [0.1, 0.15) is 60.3 Å². The molecular formula is C12H25. The Kier molecular flexibility index (Phi) is 6.51. The second-order valence-corrected chi connectivity index (χ2v) is 4.05. The van der Waals surface area contributed by atoms with E-state index in [0.717, 1.165) is 11.8 Å². The van der Waals surface area contributed by atoms with Crippen molar-refractivity contribution < 1.29 is 0 Å². The zero-order valence-electron chi connectivity index (χ0n) is 9.48. The van der Waals surface area contributed by atoms with E-state index in [2.05, 4.69) is 34.6 Å². The van der Waals surface area contributed by atoms with E-state index in [1.165, 1.54) is 25.7 Å². The fraction of sp³-hybridized carbons (Fsp3) is 0.917. The maximum Gasteiger partial charge on any atom is -0.0215 e. The number of hydrogen-bond donors (Lipinski definition) is 0. The van der Waals surface area contributed by atoms with Crippen molar-refractivity contribution in [3.8, 4) is 0 Å². The summed E-state index contributed by atoms with van der Waals surface area (Å²) in [7, 11) is 0. The number of rotatable bonds is 6. The summed E-state index contributed by atoms with van der Waals surface area (Å²) in [4.78, 5) is 0. The minimum atomic E-state index is 0.788.